The van der Waals surface area contributed by atoms with Crippen LogP contribution in [0.15, 0.2) is 24.4 Å². The molecule has 0 amide bonds. The van der Waals surface area contributed by atoms with Crippen LogP contribution in [-0.4, -0.2) is 41.4 Å². The van der Waals surface area contributed by atoms with E-state index >= 15 is 0 Å². The Hall–Kier alpha value is -0.490. The summed E-state index contributed by atoms with van der Waals surface area (Å²) in [5, 5.41) is 3.37. The third-order valence-corrected chi connectivity index (χ3v) is 6.08. The summed E-state index contributed by atoms with van der Waals surface area (Å²) in [6.45, 7) is 2.49. The average Bonchev–Trinajstić information content (AvgIpc) is 2.99. The van der Waals surface area contributed by atoms with E-state index in [2.05, 4.69) is 16.4 Å². The summed E-state index contributed by atoms with van der Waals surface area (Å²) in [5.74, 6) is 1.15. The van der Waals surface area contributed by atoms with Crippen LogP contribution >= 0.6 is 24.0 Å². The maximum Gasteiger partial charge on any atom is 0.103 e. The third-order valence-electron chi connectivity index (χ3n) is 3.72. The third kappa shape index (κ3) is 2.57. The quantitative estimate of drug-likeness (QED) is 0.864. The Morgan fingerprint density at radius 3 is 3.11 bits per heavy atom. The highest BCUT2D eigenvalue weighted by Gasteiger charge is 2.44. The molecule has 3 heterocycles. The van der Waals surface area contributed by atoms with E-state index < -0.39 is 0 Å². The van der Waals surface area contributed by atoms with Crippen LogP contribution in [0.4, 0.5) is 0 Å². The zero-order chi connectivity index (χ0) is 13.1. The summed E-state index contributed by atoms with van der Waals surface area (Å²) in [5.41, 5.74) is 1.09. The lowest BCUT2D eigenvalue weighted by Gasteiger charge is -2.35. The van der Waals surface area contributed by atoms with Gasteiger partial charge in [0.2, 0.25) is 0 Å². The smallest absolute Gasteiger partial charge is 0.103 e. The lowest BCUT2D eigenvalue weighted by Crippen LogP contribution is -2.48. The Morgan fingerprint density at radius 1 is 1.53 bits per heavy atom. The van der Waals surface area contributed by atoms with Crippen molar-refractivity contribution in [3.05, 3.63) is 30.1 Å². The molecule has 2 atom stereocenters. The van der Waals surface area contributed by atoms with Gasteiger partial charge in [0.1, 0.15) is 6.10 Å². The summed E-state index contributed by atoms with van der Waals surface area (Å²) in [7, 11) is 0. The van der Waals surface area contributed by atoms with Crippen molar-refractivity contribution < 1.29 is 4.74 Å². The normalized spacial score (nSPS) is 31.3. The molecule has 0 bridgehead atoms. The lowest BCUT2D eigenvalue weighted by atomic mass is 9.91. The second kappa shape index (κ2) is 5.87. The van der Waals surface area contributed by atoms with E-state index in [0.717, 1.165) is 42.4 Å². The molecule has 2 saturated heterocycles. The van der Waals surface area contributed by atoms with E-state index in [1.54, 1.807) is 0 Å². The highest BCUT2D eigenvalue weighted by Crippen LogP contribution is 2.48. The van der Waals surface area contributed by atoms with Gasteiger partial charge in [0.15, 0.2) is 0 Å². The van der Waals surface area contributed by atoms with E-state index in [0.29, 0.717) is 0 Å². The number of thioether (sulfide) groups is 1. The van der Waals surface area contributed by atoms with Gasteiger partial charge >= 0.3 is 0 Å². The molecule has 5 heteroatoms. The molecule has 1 aromatic heterocycles. The molecule has 0 aliphatic carbocycles. The Labute approximate surface area is 123 Å². The van der Waals surface area contributed by atoms with Crippen molar-refractivity contribution in [1.82, 2.24) is 10.3 Å². The van der Waals surface area contributed by atoms with Crippen molar-refractivity contribution in [1.29, 1.82) is 0 Å². The van der Waals surface area contributed by atoms with Gasteiger partial charge in [-0.3, -0.25) is 4.98 Å². The van der Waals surface area contributed by atoms with Crippen LogP contribution in [0.25, 0.3) is 0 Å². The molecule has 3 nitrogen and oxygen atoms in total. The number of nitrogens with one attached hydrogen (secondary N) is 1. The van der Waals surface area contributed by atoms with Crippen molar-refractivity contribution >= 4 is 28.8 Å². The molecule has 0 radical (unpaired) electrons. The van der Waals surface area contributed by atoms with Gasteiger partial charge in [-0.2, -0.15) is 0 Å². The van der Waals surface area contributed by atoms with Gasteiger partial charge in [0.05, 0.1) is 17.0 Å². The van der Waals surface area contributed by atoms with Crippen molar-refractivity contribution in [2.24, 2.45) is 0 Å². The van der Waals surface area contributed by atoms with Crippen molar-refractivity contribution in [3.8, 4) is 0 Å². The predicted molar refractivity (Wildman–Crippen MR) is 82.8 cm³/mol. The molecule has 1 aromatic rings. The second-order valence-electron chi connectivity index (χ2n) is 4.92. The van der Waals surface area contributed by atoms with Gasteiger partial charge in [-0.1, -0.05) is 18.3 Å². The van der Waals surface area contributed by atoms with Gasteiger partial charge in [-0.05, 0) is 30.7 Å². The highest BCUT2D eigenvalue weighted by atomic mass is 32.2. The van der Waals surface area contributed by atoms with Crippen LogP contribution < -0.4 is 5.32 Å². The lowest BCUT2D eigenvalue weighted by molar-refractivity contribution is 0.0702. The topological polar surface area (TPSA) is 34.1 Å². The summed E-state index contributed by atoms with van der Waals surface area (Å²) >= 11 is 7.74. The van der Waals surface area contributed by atoms with E-state index in [1.165, 1.54) is 6.42 Å². The van der Waals surface area contributed by atoms with Crippen LogP contribution in [0.5, 0.6) is 0 Å². The molecule has 2 aliphatic rings. The molecule has 0 spiro atoms. The molecule has 2 fully saturated rings. The Morgan fingerprint density at radius 2 is 2.47 bits per heavy atom. The SMILES string of the molecule is S=C(C1CNCCO1)C1(c2ccccn2)CCCS1. The Bertz CT molecular complexity index is 440. The van der Waals surface area contributed by atoms with E-state index in [1.807, 2.05) is 30.1 Å². The fourth-order valence-corrected chi connectivity index (χ4v) is 4.76. The molecular weight excluding hydrogens is 276 g/mol. The first kappa shape index (κ1) is 13.5. The zero-order valence-corrected chi connectivity index (χ0v) is 12.4. The largest absolute Gasteiger partial charge is 0.370 e. The van der Waals surface area contributed by atoms with Gasteiger partial charge in [0.25, 0.3) is 0 Å². The minimum absolute atomic E-state index is 0.0383. The van der Waals surface area contributed by atoms with Crippen molar-refractivity contribution in [2.45, 2.75) is 23.7 Å². The first-order valence-electron chi connectivity index (χ1n) is 6.75. The maximum atomic E-state index is 5.85. The first-order chi connectivity index (χ1) is 9.33. The number of thiocarbonyl (C=S) groups is 1. The number of pyridine rings is 1. The van der Waals surface area contributed by atoms with Crippen LogP contribution in [0.1, 0.15) is 18.5 Å². The van der Waals surface area contributed by atoms with Crippen LogP contribution in [0.2, 0.25) is 0 Å². The number of rotatable bonds is 3. The number of hydrogen-bond donors (Lipinski definition) is 1. The van der Waals surface area contributed by atoms with Crippen LogP contribution in [0, 0.1) is 0 Å². The summed E-state index contributed by atoms with van der Waals surface area (Å²) in [6.07, 6.45) is 4.17. The monoisotopic (exact) mass is 294 g/mol. The fraction of sp³-hybridized carbons (Fsp3) is 0.571. The minimum Gasteiger partial charge on any atom is -0.370 e. The Balaban J connectivity index is 1.90. The summed E-state index contributed by atoms with van der Waals surface area (Å²) < 4.78 is 5.73. The molecule has 19 heavy (non-hydrogen) atoms. The highest BCUT2D eigenvalue weighted by molar-refractivity contribution is 8.02. The molecule has 3 rings (SSSR count). The predicted octanol–water partition coefficient (Wildman–Crippen LogP) is 2.16. The summed E-state index contributed by atoms with van der Waals surface area (Å²) in [4.78, 5) is 5.58. The maximum absolute atomic E-state index is 5.85. The van der Waals surface area contributed by atoms with E-state index in [4.69, 9.17) is 17.0 Å². The average molecular weight is 294 g/mol. The van der Waals surface area contributed by atoms with Gasteiger partial charge < -0.3 is 10.1 Å². The number of aromatic nitrogens is 1. The van der Waals surface area contributed by atoms with Crippen molar-refractivity contribution in [3.63, 3.8) is 0 Å². The van der Waals surface area contributed by atoms with Gasteiger partial charge in [-0.25, -0.2) is 0 Å². The molecule has 102 valence electrons. The zero-order valence-electron chi connectivity index (χ0n) is 10.8. The van der Waals surface area contributed by atoms with Crippen molar-refractivity contribution in [2.75, 3.05) is 25.4 Å². The van der Waals surface area contributed by atoms with Crippen LogP contribution in [-0.2, 0) is 9.48 Å². The van der Waals surface area contributed by atoms with E-state index in [-0.39, 0.29) is 10.9 Å². The van der Waals surface area contributed by atoms with Gasteiger partial charge in [-0.15, -0.1) is 11.8 Å². The molecule has 0 saturated carbocycles. The van der Waals surface area contributed by atoms with Crippen LogP contribution in [0.3, 0.4) is 0 Å². The summed E-state index contributed by atoms with van der Waals surface area (Å²) in [6, 6.07) is 6.10. The molecule has 1 N–H and O–H groups in total. The molecule has 0 aromatic carbocycles. The molecule has 2 aliphatic heterocycles. The fourth-order valence-electron chi connectivity index (χ4n) is 2.76. The second-order valence-corrected chi connectivity index (χ2v) is 6.76. The first-order valence-corrected chi connectivity index (χ1v) is 8.14. The number of morpholine rings is 1. The Kier molecular flexibility index (Phi) is 4.17. The standard InChI is InChI=1S/C14H18N2OS2/c18-13(11-10-15-7-8-17-11)14(5-3-9-19-14)12-4-1-2-6-16-12/h1-2,4,6,11,15H,3,5,7-10H2. The molecular formula is C14H18N2OS2. The van der Waals surface area contributed by atoms with Gasteiger partial charge in [0, 0.05) is 24.2 Å². The minimum atomic E-state index is -0.125. The number of hydrogen-bond acceptors (Lipinski definition) is 5. The molecule has 2 unspecified atom stereocenters. The number of ether oxygens (including phenoxy) is 1. The number of nitrogens with zero attached hydrogens (tertiary/aromatic N) is 1. The van der Waals surface area contributed by atoms with E-state index in [9.17, 15) is 0 Å².